The highest BCUT2D eigenvalue weighted by molar-refractivity contribution is 5.75. The molecule has 1 rings (SSSR count). The molecule has 0 aliphatic heterocycles. The number of carbonyl (C=O) groups excluding carboxylic acids is 1. The Bertz CT molecular complexity index is 427. The molecule has 1 aromatic carbocycles. The molecule has 0 aromatic heterocycles. The molecule has 0 saturated carbocycles. The normalized spacial score (nSPS) is 10.5. The Hall–Kier alpha value is -1.35. The smallest absolute Gasteiger partial charge is 0.129 e. The minimum atomic E-state index is 0.262. The number of methoxy groups -OCH3 is 1. The molecule has 19 heavy (non-hydrogen) atoms. The minimum Gasteiger partial charge on any atom is -0.496 e. The first-order valence-electron chi connectivity index (χ1n) is 6.89. The first-order chi connectivity index (χ1) is 9.04. The molecule has 0 saturated heterocycles. The van der Waals surface area contributed by atoms with Crippen LogP contribution in [0.3, 0.4) is 0 Å². The van der Waals surface area contributed by atoms with E-state index in [2.05, 4.69) is 31.3 Å². The molecule has 0 aliphatic rings. The van der Waals surface area contributed by atoms with E-state index in [0.717, 1.165) is 31.7 Å². The molecule has 3 heteroatoms. The summed E-state index contributed by atoms with van der Waals surface area (Å²) < 4.78 is 5.47. The van der Waals surface area contributed by atoms with Gasteiger partial charge in [-0.25, -0.2) is 0 Å². The van der Waals surface area contributed by atoms with Crippen molar-refractivity contribution >= 4 is 5.78 Å². The van der Waals surface area contributed by atoms with Crippen LogP contribution in [0.4, 0.5) is 0 Å². The van der Waals surface area contributed by atoms with Gasteiger partial charge in [-0.15, -0.1) is 0 Å². The van der Waals surface area contributed by atoms with Gasteiger partial charge in [0.15, 0.2) is 0 Å². The fraction of sp³-hybridized carbons (Fsp3) is 0.562. The van der Waals surface area contributed by atoms with Crippen LogP contribution in [0.1, 0.15) is 36.5 Å². The third-order valence-electron chi connectivity index (χ3n) is 3.15. The fourth-order valence-electron chi connectivity index (χ4n) is 2.33. The van der Waals surface area contributed by atoms with Crippen LogP contribution in [0.15, 0.2) is 12.1 Å². The van der Waals surface area contributed by atoms with Gasteiger partial charge in [0.2, 0.25) is 0 Å². The van der Waals surface area contributed by atoms with Crippen LogP contribution in [0, 0.1) is 13.8 Å². The summed E-state index contributed by atoms with van der Waals surface area (Å²) >= 11 is 0. The monoisotopic (exact) mass is 263 g/mol. The molecule has 0 heterocycles. The standard InChI is InChI=1S/C16H25NO2/c1-12-10-13(2)16(19-4)15(11-12)7-9-17-8-5-6-14(3)18/h10-11,17H,5-9H2,1-4H3. The molecule has 0 bridgehead atoms. The summed E-state index contributed by atoms with van der Waals surface area (Å²) in [5.74, 6) is 1.26. The van der Waals surface area contributed by atoms with E-state index < -0.39 is 0 Å². The van der Waals surface area contributed by atoms with Crippen LogP contribution >= 0.6 is 0 Å². The SMILES string of the molecule is COc1c(C)cc(C)cc1CCNCCCC(C)=O. The van der Waals surface area contributed by atoms with E-state index in [0.29, 0.717) is 6.42 Å². The Morgan fingerprint density at radius 3 is 2.63 bits per heavy atom. The molecular weight excluding hydrogens is 238 g/mol. The zero-order valence-electron chi connectivity index (χ0n) is 12.5. The fourth-order valence-corrected chi connectivity index (χ4v) is 2.33. The highest BCUT2D eigenvalue weighted by Crippen LogP contribution is 2.25. The minimum absolute atomic E-state index is 0.262. The third-order valence-corrected chi connectivity index (χ3v) is 3.15. The lowest BCUT2D eigenvalue weighted by Crippen LogP contribution is -2.19. The lowest BCUT2D eigenvalue weighted by molar-refractivity contribution is -0.117. The number of aryl methyl sites for hydroxylation is 2. The second kappa shape index (κ2) is 7.95. The molecule has 1 N–H and O–H groups in total. The molecule has 0 amide bonds. The van der Waals surface area contributed by atoms with E-state index in [1.807, 2.05) is 0 Å². The van der Waals surface area contributed by atoms with Gasteiger partial charge in [0, 0.05) is 6.42 Å². The predicted molar refractivity (Wildman–Crippen MR) is 79.0 cm³/mol. The van der Waals surface area contributed by atoms with E-state index in [1.165, 1.54) is 16.7 Å². The highest BCUT2D eigenvalue weighted by atomic mass is 16.5. The summed E-state index contributed by atoms with van der Waals surface area (Å²) in [7, 11) is 1.72. The Labute approximate surface area is 116 Å². The number of nitrogens with one attached hydrogen (secondary N) is 1. The second-order valence-electron chi connectivity index (χ2n) is 5.08. The molecule has 0 spiro atoms. The van der Waals surface area contributed by atoms with Gasteiger partial charge in [0.25, 0.3) is 0 Å². The summed E-state index contributed by atoms with van der Waals surface area (Å²) in [6, 6.07) is 4.33. The van der Waals surface area contributed by atoms with Crippen molar-refractivity contribution in [3.63, 3.8) is 0 Å². The lowest BCUT2D eigenvalue weighted by Gasteiger charge is -2.13. The lowest BCUT2D eigenvalue weighted by atomic mass is 10.0. The molecule has 0 fully saturated rings. The van der Waals surface area contributed by atoms with Gasteiger partial charge >= 0.3 is 0 Å². The molecule has 0 aliphatic carbocycles. The number of carbonyl (C=O) groups is 1. The maximum Gasteiger partial charge on any atom is 0.129 e. The number of ether oxygens (including phenoxy) is 1. The number of rotatable bonds is 8. The van der Waals surface area contributed by atoms with Crippen molar-refractivity contribution in [2.75, 3.05) is 20.2 Å². The van der Waals surface area contributed by atoms with Crippen molar-refractivity contribution in [2.24, 2.45) is 0 Å². The van der Waals surface area contributed by atoms with Crippen LogP contribution in [0.5, 0.6) is 5.75 Å². The predicted octanol–water partition coefficient (Wildman–Crippen LogP) is 2.81. The maximum absolute atomic E-state index is 10.8. The van der Waals surface area contributed by atoms with E-state index in [-0.39, 0.29) is 5.78 Å². The average molecular weight is 263 g/mol. The highest BCUT2D eigenvalue weighted by Gasteiger charge is 2.07. The molecule has 106 valence electrons. The topological polar surface area (TPSA) is 38.3 Å². The Morgan fingerprint density at radius 2 is 2.00 bits per heavy atom. The van der Waals surface area contributed by atoms with E-state index in [9.17, 15) is 4.79 Å². The zero-order valence-corrected chi connectivity index (χ0v) is 12.5. The van der Waals surface area contributed by atoms with Gasteiger partial charge in [-0.05, 0) is 57.8 Å². The van der Waals surface area contributed by atoms with Gasteiger partial charge in [-0.3, -0.25) is 0 Å². The van der Waals surface area contributed by atoms with Gasteiger partial charge in [-0.1, -0.05) is 17.7 Å². The number of hydrogen-bond acceptors (Lipinski definition) is 3. The van der Waals surface area contributed by atoms with Crippen LogP contribution in [-0.4, -0.2) is 26.0 Å². The first kappa shape index (κ1) is 15.7. The Morgan fingerprint density at radius 1 is 1.26 bits per heavy atom. The summed E-state index contributed by atoms with van der Waals surface area (Å²) in [5.41, 5.74) is 3.71. The van der Waals surface area contributed by atoms with E-state index in [1.54, 1.807) is 14.0 Å². The average Bonchev–Trinajstić information content (AvgIpc) is 2.32. The van der Waals surface area contributed by atoms with Gasteiger partial charge in [0.05, 0.1) is 7.11 Å². The van der Waals surface area contributed by atoms with Crippen LogP contribution < -0.4 is 10.1 Å². The molecule has 0 unspecified atom stereocenters. The summed E-state index contributed by atoms with van der Waals surface area (Å²) in [4.78, 5) is 10.8. The Kier molecular flexibility index (Phi) is 6.57. The number of ketones is 1. The van der Waals surface area contributed by atoms with Crippen LogP contribution in [0.25, 0.3) is 0 Å². The van der Waals surface area contributed by atoms with Crippen molar-refractivity contribution in [1.82, 2.24) is 5.32 Å². The van der Waals surface area contributed by atoms with Crippen molar-refractivity contribution in [1.29, 1.82) is 0 Å². The summed E-state index contributed by atoms with van der Waals surface area (Å²) in [6.45, 7) is 7.64. The Balaban J connectivity index is 2.42. The number of benzene rings is 1. The second-order valence-corrected chi connectivity index (χ2v) is 5.08. The zero-order chi connectivity index (χ0) is 14.3. The largest absolute Gasteiger partial charge is 0.496 e. The van der Waals surface area contributed by atoms with Gasteiger partial charge < -0.3 is 14.8 Å². The van der Waals surface area contributed by atoms with Crippen LogP contribution in [-0.2, 0) is 11.2 Å². The van der Waals surface area contributed by atoms with Gasteiger partial charge in [0.1, 0.15) is 11.5 Å². The van der Waals surface area contributed by atoms with Gasteiger partial charge in [-0.2, -0.15) is 0 Å². The quantitative estimate of drug-likeness (QED) is 0.733. The van der Waals surface area contributed by atoms with Crippen molar-refractivity contribution in [2.45, 2.75) is 40.0 Å². The summed E-state index contributed by atoms with van der Waals surface area (Å²) in [5, 5.41) is 3.37. The van der Waals surface area contributed by atoms with E-state index >= 15 is 0 Å². The molecule has 3 nitrogen and oxygen atoms in total. The van der Waals surface area contributed by atoms with Crippen LogP contribution in [0.2, 0.25) is 0 Å². The maximum atomic E-state index is 10.8. The van der Waals surface area contributed by atoms with Crippen molar-refractivity contribution < 1.29 is 9.53 Å². The third kappa shape index (κ3) is 5.43. The number of Topliss-reactive ketones (excluding diaryl/α,β-unsaturated/α-hetero) is 1. The molecular formula is C16H25NO2. The first-order valence-corrected chi connectivity index (χ1v) is 6.89. The van der Waals surface area contributed by atoms with E-state index in [4.69, 9.17) is 4.74 Å². The molecule has 0 atom stereocenters. The molecule has 1 aromatic rings. The molecule has 0 radical (unpaired) electrons. The van der Waals surface area contributed by atoms with Crippen molar-refractivity contribution in [3.05, 3.63) is 28.8 Å². The number of hydrogen-bond donors (Lipinski definition) is 1. The van der Waals surface area contributed by atoms with Crippen molar-refractivity contribution in [3.8, 4) is 5.75 Å². The summed E-state index contributed by atoms with van der Waals surface area (Å²) in [6.07, 6.45) is 2.53.